The van der Waals surface area contributed by atoms with Crippen LogP contribution in [-0.2, 0) is 9.59 Å². The van der Waals surface area contributed by atoms with E-state index >= 15 is 0 Å². The molecule has 9 nitrogen and oxygen atoms in total. The maximum absolute atomic E-state index is 12.2. The zero-order valence-electron chi connectivity index (χ0n) is 14.7. The van der Waals surface area contributed by atoms with Gasteiger partial charge in [-0.15, -0.1) is 0 Å². The summed E-state index contributed by atoms with van der Waals surface area (Å²) < 4.78 is 5.96. The van der Waals surface area contributed by atoms with E-state index in [9.17, 15) is 4.79 Å². The van der Waals surface area contributed by atoms with Gasteiger partial charge in [-0.3, -0.25) is 4.79 Å². The largest absolute Gasteiger partial charge is 0.473 e. The molecule has 0 bridgehead atoms. The third kappa shape index (κ3) is 6.03. The number of rotatable bonds is 3. The highest BCUT2D eigenvalue weighted by Gasteiger charge is 2.30. The van der Waals surface area contributed by atoms with E-state index in [4.69, 9.17) is 24.5 Å². The molecule has 0 aliphatic carbocycles. The molecule has 2 N–H and O–H groups in total. The van der Waals surface area contributed by atoms with Gasteiger partial charge in [0.25, 0.3) is 5.91 Å². The monoisotopic (exact) mass is 353 g/mol. The van der Waals surface area contributed by atoms with Gasteiger partial charge in [-0.25, -0.2) is 14.6 Å². The number of aliphatic carboxylic acids is 2. The summed E-state index contributed by atoms with van der Waals surface area (Å²) in [4.78, 5) is 38.5. The smallest absolute Gasteiger partial charge is 0.414 e. The first-order valence-electron chi connectivity index (χ1n) is 7.61. The van der Waals surface area contributed by atoms with Gasteiger partial charge in [-0.1, -0.05) is 6.92 Å². The fourth-order valence-electron chi connectivity index (χ4n) is 2.38. The van der Waals surface area contributed by atoms with Crippen molar-refractivity contribution < 1.29 is 29.3 Å². The van der Waals surface area contributed by atoms with Crippen molar-refractivity contribution in [3.63, 3.8) is 0 Å². The van der Waals surface area contributed by atoms with E-state index in [1.807, 2.05) is 21.1 Å². The van der Waals surface area contributed by atoms with E-state index in [0.29, 0.717) is 23.9 Å². The highest BCUT2D eigenvalue weighted by atomic mass is 16.5. The van der Waals surface area contributed by atoms with Crippen LogP contribution in [-0.4, -0.2) is 83.2 Å². The van der Waals surface area contributed by atoms with Crippen LogP contribution in [0.15, 0.2) is 18.3 Å². The van der Waals surface area contributed by atoms with Crippen LogP contribution in [0.5, 0.6) is 5.88 Å². The quantitative estimate of drug-likeness (QED) is 0.743. The van der Waals surface area contributed by atoms with Crippen molar-refractivity contribution in [3.05, 3.63) is 23.9 Å². The molecule has 1 aromatic rings. The van der Waals surface area contributed by atoms with E-state index in [1.165, 1.54) is 0 Å². The van der Waals surface area contributed by atoms with Crippen molar-refractivity contribution in [2.24, 2.45) is 5.92 Å². The Hall–Kier alpha value is -2.68. The first-order chi connectivity index (χ1) is 11.6. The van der Waals surface area contributed by atoms with Crippen molar-refractivity contribution in [2.75, 3.05) is 34.2 Å². The number of hydrogen-bond donors (Lipinski definition) is 2. The number of pyridine rings is 1. The van der Waals surface area contributed by atoms with Gasteiger partial charge in [-0.05, 0) is 26.2 Å². The predicted octanol–water partition coefficient (Wildman–Crippen LogP) is 0.268. The Balaban J connectivity index is 0.000000450. The summed E-state index contributed by atoms with van der Waals surface area (Å²) in [6.07, 6.45) is 1.62. The zero-order valence-corrected chi connectivity index (χ0v) is 14.7. The van der Waals surface area contributed by atoms with Crippen molar-refractivity contribution in [1.82, 2.24) is 14.8 Å². The van der Waals surface area contributed by atoms with Gasteiger partial charge >= 0.3 is 11.9 Å². The second-order valence-electron chi connectivity index (χ2n) is 6.05. The van der Waals surface area contributed by atoms with Crippen molar-refractivity contribution >= 4 is 17.8 Å². The molecule has 0 saturated carbocycles. The molecule has 2 unspecified atom stereocenters. The average Bonchev–Trinajstić information content (AvgIpc) is 2.65. The van der Waals surface area contributed by atoms with E-state index in [2.05, 4.69) is 16.8 Å². The summed E-state index contributed by atoms with van der Waals surface area (Å²) in [6, 6.07) is 3.53. The molecular weight excluding hydrogens is 330 g/mol. The Kier molecular flexibility index (Phi) is 7.31. The molecule has 1 aromatic heterocycles. The lowest BCUT2D eigenvalue weighted by Gasteiger charge is -2.27. The molecule has 0 radical (unpaired) electrons. The van der Waals surface area contributed by atoms with Gasteiger partial charge in [0.1, 0.15) is 11.7 Å². The highest BCUT2D eigenvalue weighted by Crippen LogP contribution is 2.24. The maximum atomic E-state index is 12.2. The topological polar surface area (TPSA) is 120 Å². The molecule has 0 spiro atoms. The standard InChI is InChI=1S/C14H21N3O2.C2H2O4/c1-10(8-16(2)3)12-9-17(4)14(18)11-6-5-7-15-13(11)19-12;3-1(4)2(5)6/h5-7,10,12H,8-9H2,1-4H3;(H,3,4)(H,5,6). The van der Waals surface area contributed by atoms with Gasteiger partial charge < -0.3 is 24.7 Å². The second kappa shape index (κ2) is 8.97. The first-order valence-corrected chi connectivity index (χ1v) is 7.61. The molecule has 1 aliphatic heterocycles. The molecule has 0 aromatic carbocycles. The minimum atomic E-state index is -1.82. The van der Waals surface area contributed by atoms with Gasteiger partial charge in [-0.2, -0.15) is 0 Å². The van der Waals surface area contributed by atoms with Crippen LogP contribution in [0.25, 0.3) is 0 Å². The molecular formula is C16H23N3O6. The van der Waals surface area contributed by atoms with Gasteiger partial charge in [0.05, 0.1) is 6.54 Å². The number of carbonyl (C=O) groups excluding carboxylic acids is 1. The minimum Gasteiger partial charge on any atom is -0.473 e. The van der Waals surface area contributed by atoms with E-state index in [1.54, 1.807) is 23.2 Å². The van der Waals surface area contributed by atoms with Crippen LogP contribution in [0, 0.1) is 5.92 Å². The number of carboxylic acid groups (broad SMARTS) is 2. The number of nitrogens with zero attached hydrogens (tertiary/aromatic N) is 3. The summed E-state index contributed by atoms with van der Waals surface area (Å²) in [6.45, 7) is 3.63. The average molecular weight is 353 g/mol. The summed E-state index contributed by atoms with van der Waals surface area (Å²) in [7, 11) is 5.88. The normalized spacial score (nSPS) is 17.6. The fraction of sp³-hybridized carbons (Fsp3) is 0.500. The van der Waals surface area contributed by atoms with Gasteiger partial charge in [0, 0.05) is 25.7 Å². The molecule has 9 heteroatoms. The molecule has 0 fully saturated rings. The van der Waals surface area contributed by atoms with Crippen LogP contribution in [0.4, 0.5) is 0 Å². The first kappa shape index (κ1) is 20.4. The fourth-order valence-corrected chi connectivity index (χ4v) is 2.38. The Labute approximate surface area is 145 Å². The van der Waals surface area contributed by atoms with Crippen molar-refractivity contribution in [3.8, 4) is 5.88 Å². The summed E-state index contributed by atoms with van der Waals surface area (Å²) in [5.41, 5.74) is 0.546. The number of hydrogen-bond acceptors (Lipinski definition) is 6. The number of amides is 1. The van der Waals surface area contributed by atoms with E-state index < -0.39 is 11.9 Å². The molecule has 1 aliphatic rings. The number of ether oxygens (including phenoxy) is 1. The SMILES string of the molecule is CC(CN(C)C)C1CN(C)C(=O)c2cccnc2O1.O=C(O)C(=O)O. The van der Waals surface area contributed by atoms with Crippen LogP contribution in [0.2, 0.25) is 0 Å². The molecule has 25 heavy (non-hydrogen) atoms. The summed E-state index contributed by atoms with van der Waals surface area (Å²) >= 11 is 0. The lowest BCUT2D eigenvalue weighted by atomic mass is 10.0. The maximum Gasteiger partial charge on any atom is 0.414 e. The molecule has 2 rings (SSSR count). The van der Waals surface area contributed by atoms with Gasteiger partial charge in [0.2, 0.25) is 5.88 Å². The van der Waals surface area contributed by atoms with Gasteiger partial charge in [0.15, 0.2) is 0 Å². The highest BCUT2D eigenvalue weighted by molar-refractivity contribution is 6.27. The summed E-state index contributed by atoms with van der Waals surface area (Å²) in [5, 5.41) is 14.8. The number of carbonyl (C=O) groups is 3. The third-order valence-corrected chi connectivity index (χ3v) is 3.54. The Morgan fingerprint density at radius 3 is 2.52 bits per heavy atom. The number of carboxylic acids is 2. The Morgan fingerprint density at radius 2 is 2.00 bits per heavy atom. The van der Waals surface area contributed by atoms with E-state index in [-0.39, 0.29) is 12.0 Å². The predicted molar refractivity (Wildman–Crippen MR) is 88.6 cm³/mol. The van der Waals surface area contributed by atoms with Crippen LogP contribution in [0.3, 0.4) is 0 Å². The van der Waals surface area contributed by atoms with Crippen LogP contribution < -0.4 is 4.74 Å². The van der Waals surface area contributed by atoms with Crippen molar-refractivity contribution in [1.29, 1.82) is 0 Å². The number of likely N-dealkylation sites (N-methyl/N-ethyl adjacent to an activating group) is 1. The third-order valence-electron chi connectivity index (χ3n) is 3.54. The molecule has 138 valence electrons. The van der Waals surface area contributed by atoms with Crippen molar-refractivity contribution in [2.45, 2.75) is 13.0 Å². The lowest BCUT2D eigenvalue weighted by molar-refractivity contribution is -0.159. The molecule has 2 heterocycles. The lowest BCUT2D eigenvalue weighted by Crippen LogP contribution is -2.40. The molecule has 1 amide bonds. The Bertz CT molecular complexity index is 622. The number of aromatic nitrogens is 1. The minimum absolute atomic E-state index is 0.0253. The van der Waals surface area contributed by atoms with Crippen LogP contribution >= 0.6 is 0 Å². The second-order valence-corrected chi connectivity index (χ2v) is 6.05. The van der Waals surface area contributed by atoms with E-state index in [0.717, 1.165) is 6.54 Å². The zero-order chi connectivity index (χ0) is 19.1. The molecule has 2 atom stereocenters. The summed E-state index contributed by atoms with van der Waals surface area (Å²) in [5.74, 6) is -2.90. The number of fused-ring (bicyclic) bond motifs is 1. The van der Waals surface area contributed by atoms with Crippen LogP contribution in [0.1, 0.15) is 17.3 Å². The Morgan fingerprint density at radius 1 is 1.40 bits per heavy atom. The molecule has 0 saturated heterocycles.